The number of likely N-dealkylation sites (tertiary alicyclic amines) is 1. The van der Waals surface area contributed by atoms with Crippen LogP contribution >= 0.6 is 12.4 Å². The lowest BCUT2D eigenvalue weighted by atomic mass is 9.95. The summed E-state index contributed by atoms with van der Waals surface area (Å²) in [6.07, 6.45) is 3.27. The second-order valence-electron chi connectivity index (χ2n) is 5.72. The van der Waals surface area contributed by atoms with Crippen LogP contribution in [0.4, 0.5) is 0 Å². The van der Waals surface area contributed by atoms with Gasteiger partial charge in [-0.2, -0.15) is 0 Å². The van der Waals surface area contributed by atoms with Crippen molar-refractivity contribution in [2.75, 3.05) is 6.54 Å². The van der Waals surface area contributed by atoms with Gasteiger partial charge >= 0.3 is 0 Å². The van der Waals surface area contributed by atoms with Gasteiger partial charge in [-0.1, -0.05) is 6.07 Å². The predicted molar refractivity (Wildman–Crippen MR) is 85.5 cm³/mol. The summed E-state index contributed by atoms with van der Waals surface area (Å²) < 4.78 is 0. The number of hydrogen-bond donors (Lipinski definition) is 1. The van der Waals surface area contributed by atoms with Gasteiger partial charge in [0, 0.05) is 24.2 Å². The van der Waals surface area contributed by atoms with Crippen LogP contribution in [-0.2, 0) is 0 Å². The molecule has 1 saturated heterocycles. The summed E-state index contributed by atoms with van der Waals surface area (Å²) in [5.41, 5.74) is 9.21. The number of nitrogens with two attached hydrogens (primary N) is 1. The molecular weight excluding hydrogens is 272 g/mol. The minimum Gasteiger partial charge on any atom is -0.334 e. The van der Waals surface area contributed by atoms with Crippen molar-refractivity contribution in [2.45, 2.75) is 52.1 Å². The third-order valence-corrected chi connectivity index (χ3v) is 4.17. The minimum absolute atomic E-state index is 0. The molecule has 2 rings (SSSR count). The molecule has 3 nitrogen and oxygen atoms in total. The molecule has 1 aromatic rings. The van der Waals surface area contributed by atoms with Crippen molar-refractivity contribution < 1.29 is 4.79 Å². The summed E-state index contributed by atoms with van der Waals surface area (Å²) in [6, 6.07) is 6.16. The van der Waals surface area contributed by atoms with E-state index in [4.69, 9.17) is 5.73 Å². The number of nitrogens with zero attached hydrogens (tertiary/aromatic N) is 1. The van der Waals surface area contributed by atoms with E-state index >= 15 is 0 Å². The van der Waals surface area contributed by atoms with E-state index in [9.17, 15) is 4.79 Å². The largest absolute Gasteiger partial charge is 0.334 e. The molecule has 112 valence electrons. The van der Waals surface area contributed by atoms with Gasteiger partial charge in [-0.15, -0.1) is 12.4 Å². The van der Waals surface area contributed by atoms with Crippen molar-refractivity contribution >= 4 is 18.3 Å². The molecule has 1 aliphatic rings. The van der Waals surface area contributed by atoms with E-state index in [1.54, 1.807) is 0 Å². The van der Waals surface area contributed by atoms with Crippen LogP contribution in [0, 0.1) is 13.8 Å². The van der Waals surface area contributed by atoms with Gasteiger partial charge in [0.15, 0.2) is 0 Å². The lowest BCUT2D eigenvalue weighted by Crippen LogP contribution is -2.51. The summed E-state index contributed by atoms with van der Waals surface area (Å²) in [5.74, 6) is 0.130. The standard InChI is InChI=1S/C16H24N2O.ClH/c1-11-7-8-14(10-12(11)2)16(19)18-9-5-4-6-15(18)13(3)17;/h7-8,10,13,15H,4-6,9,17H2,1-3H3;1H. The van der Waals surface area contributed by atoms with Gasteiger partial charge in [-0.05, 0) is 63.3 Å². The van der Waals surface area contributed by atoms with Crippen LogP contribution in [0.15, 0.2) is 18.2 Å². The lowest BCUT2D eigenvalue weighted by Gasteiger charge is -2.38. The van der Waals surface area contributed by atoms with Crippen molar-refractivity contribution in [1.82, 2.24) is 4.90 Å². The highest BCUT2D eigenvalue weighted by molar-refractivity contribution is 5.94. The lowest BCUT2D eigenvalue weighted by molar-refractivity contribution is 0.0583. The van der Waals surface area contributed by atoms with Crippen molar-refractivity contribution in [3.8, 4) is 0 Å². The SMILES string of the molecule is Cc1ccc(C(=O)N2CCCCC2C(C)N)cc1C.Cl. The topological polar surface area (TPSA) is 46.3 Å². The molecule has 0 aliphatic carbocycles. The fraction of sp³-hybridized carbons (Fsp3) is 0.562. The minimum atomic E-state index is 0. The molecule has 0 spiro atoms. The Balaban J connectivity index is 0.00000200. The van der Waals surface area contributed by atoms with Crippen LogP contribution in [0.5, 0.6) is 0 Å². The maximum absolute atomic E-state index is 12.6. The van der Waals surface area contributed by atoms with Crippen LogP contribution in [0.3, 0.4) is 0 Å². The molecule has 1 aromatic carbocycles. The van der Waals surface area contributed by atoms with Gasteiger partial charge in [0.1, 0.15) is 0 Å². The molecule has 2 N–H and O–H groups in total. The molecule has 1 fully saturated rings. The van der Waals surface area contributed by atoms with E-state index in [0.717, 1.165) is 24.9 Å². The molecule has 0 aromatic heterocycles. The second kappa shape index (κ2) is 7.09. The highest BCUT2D eigenvalue weighted by Crippen LogP contribution is 2.22. The maximum Gasteiger partial charge on any atom is 0.254 e. The van der Waals surface area contributed by atoms with Crippen LogP contribution in [0.25, 0.3) is 0 Å². The Kier molecular flexibility index (Phi) is 6.03. The molecule has 20 heavy (non-hydrogen) atoms. The number of amides is 1. The summed E-state index contributed by atoms with van der Waals surface area (Å²) in [5, 5.41) is 0. The smallest absolute Gasteiger partial charge is 0.254 e. The molecule has 2 unspecified atom stereocenters. The van der Waals surface area contributed by atoms with E-state index in [1.807, 2.05) is 36.9 Å². The normalized spacial score (nSPS) is 20.2. The Labute approximate surface area is 127 Å². The molecule has 4 heteroatoms. The number of piperidine rings is 1. The predicted octanol–water partition coefficient (Wildman–Crippen LogP) is 3.07. The van der Waals surface area contributed by atoms with E-state index in [2.05, 4.69) is 6.92 Å². The number of aryl methyl sites for hydroxylation is 2. The number of halogens is 1. The Hall–Kier alpha value is -1.06. The first-order valence-corrected chi connectivity index (χ1v) is 7.14. The summed E-state index contributed by atoms with van der Waals surface area (Å²) in [6.45, 7) is 6.94. The van der Waals surface area contributed by atoms with Gasteiger partial charge in [-0.25, -0.2) is 0 Å². The van der Waals surface area contributed by atoms with Crippen molar-refractivity contribution in [3.63, 3.8) is 0 Å². The number of hydrogen-bond acceptors (Lipinski definition) is 2. The third kappa shape index (κ3) is 3.53. The second-order valence-corrected chi connectivity index (χ2v) is 5.72. The molecule has 1 heterocycles. The molecule has 2 atom stereocenters. The van der Waals surface area contributed by atoms with Crippen LogP contribution in [0.2, 0.25) is 0 Å². The molecule has 0 bridgehead atoms. The zero-order valence-electron chi connectivity index (χ0n) is 12.6. The average molecular weight is 297 g/mol. The average Bonchev–Trinajstić information content (AvgIpc) is 2.41. The summed E-state index contributed by atoms with van der Waals surface area (Å²) in [7, 11) is 0. The van der Waals surface area contributed by atoms with Gasteiger partial charge < -0.3 is 10.6 Å². The molecule has 1 amide bonds. The van der Waals surface area contributed by atoms with Crippen LogP contribution in [-0.4, -0.2) is 29.4 Å². The van der Waals surface area contributed by atoms with Crippen LogP contribution < -0.4 is 5.73 Å². The van der Waals surface area contributed by atoms with E-state index in [0.29, 0.717) is 0 Å². The van der Waals surface area contributed by atoms with E-state index in [-0.39, 0.29) is 30.4 Å². The first-order valence-electron chi connectivity index (χ1n) is 7.14. The first kappa shape index (κ1) is 17.0. The number of carbonyl (C=O) groups excluding carboxylic acids is 1. The van der Waals surface area contributed by atoms with Crippen molar-refractivity contribution in [3.05, 3.63) is 34.9 Å². The molecule has 0 radical (unpaired) electrons. The monoisotopic (exact) mass is 296 g/mol. The number of benzene rings is 1. The molecular formula is C16H25ClN2O. The Bertz CT molecular complexity index is 474. The summed E-state index contributed by atoms with van der Waals surface area (Å²) >= 11 is 0. The maximum atomic E-state index is 12.6. The number of rotatable bonds is 2. The zero-order chi connectivity index (χ0) is 14.0. The Morgan fingerprint density at radius 1 is 1.30 bits per heavy atom. The zero-order valence-corrected chi connectivity index (χ0v) is 13.4. The quantitative estimate of drug-likeness (QED) is 0.912. The van der Waals surface area contributed by atoms with Crippen molar-refractivity contribution in [2.24, 2.45) is 5.73 Å². The highest BCUT2D eigenvalue weighted by atomic mass is 35.5. The third-order valence-electron chi connectivity index (χ3n) is 4.17. The Morgan fingerprint density at radius 2 is 2.00 bits per heavy atom. The van der Waals surface area contributed by atoms with Gasteiger partial charge in [0.05, 0.1) is 0 Å². The van der Waals surface area contributed by atoms with Gasteiger partial charge in [0.2, 0.25) is 0 Å². The van der Waals surface area contributed by atoms with Gasteiger partial charge in [-0.3, -0.25) is 4.79 Å². The summed E-state index contributed by atoms with van der Waals surface area (Å²) in [4.78, 5) is 14.6. The van der Waals surface area contributed by atoms with E-state index < -0.39 is 0 Å². The van der Waals surface area contributed by atoms with Crippen LogP contribution in [0.1, 0.15) is 47.7 Å². The fourth-order valence-corrected chi connectivity index (χ4v) is 2.80. The van der Waals surface area contributed by atoms with E-state index in [1.165, 1.54) is 17.5 Å². The fourth-order valence-electron chi connectivity index (χ4n) is 2.80. The highest BCUT2D eigenvalue weighted by Gasteiger charge is 2.29. The molecule has 1 aliphatic heterocycles. The number of carbonyl (C=O) groups is 1. The first-order chi connectivity index (χ1) is 9.00. The molecule has 0 saturated carbocycles. The Morgan fingerprint density at radius 3 is 2.60 bits per heavy atom. The van der Waals surface area contributed by atoms with Gasteiger partial charge in [0.25, 0.3) is 5.91 Å². The van der Waals surface area contributed by atoms with Crippen molar-refractivity contribution in [1.29, 1.82) is 0 Å².